The van der Waals surface area contributed by atoms with E-state index in [1.54, 1.807) is 34.6 Å². The Labute approximate surface area is 382 Å². The number of Topliss-reactive ketones (excluding diaryl/α,β-unsaturated/α-hetero) is 2. The number of hydrogen-bond acceptors (Lipinski definition) is 14. The van der Waals surface area contributed by atoms with E-state index in [1.807, 2.05) is 20.8 Å². The molecule has 1 aromatic carbocycles. The third-order valence-corrected chi connectivity index (χ3v) is 11.9. The monoisotopic (exact) mass is 938 g/mol. The summed E-state index contributed by atoms with van der Waals surface area (Å²) in [5.74, 6) is -4.12. The van der Waals surface area contributed by atoms with Crippen LogP contribution in [0.2, 0.25) is 0 Å². The first-order valence-electron chi connectivity index (χ1n) is 21.9. The van der Waals surface area contributed by atoms with Crippen molar-refractivity contribution in [3.63, 3.8) is 0 Å². The number of carboxylic acids is 1. The van der Waals surface area contributed by atoms with Crippen LogP contribution in [0.1, 0.15) is 108 Å². The van der Waals surface area contributed by atoms with Crippen LogP contribution in [0.5, 0.6) is 5.75 Å². The molecule has 1 aromatic rings. The number of alkyl carbamates (subject to hydrolysis) is 1. The van der Waals surface area contributed by atoms with E-state index in [4.69, 9.17) is 34.9 Å². The molecule has 1 aliphatic heterocycles. The fourth-order valence-corrected chi connectivity index (χ4v) is 8.52. The Bertz CT molecular complexity index is 1980. The van der Waals surface area contributed by atoms with Crippen molar-refractivity contribution in [2.75, 3.05) is 65.8 Å². The SMILES string of the molecule is Cc1c(C)c(S(=O)(=O)NC(N)=NCCCC(CC(=O)CCOCCOCCOCCN=[N+]=[N-])C(=O)NCC(=O)CC(CCCCNC(=O)OC(C)(C)C)C(=O)O)c(C)c2c1OC(C)(C)C2. The normalized spacial score (nSPS) is 14.3. The number of nitrogens with zero attached hydrogens (tertiary/aromatic N) is 4. The molecule has 65 heavy (non-hydrogen) atoms. The number of unbranched alkanes of at least 4 members (excludes halogenated alkanes) is 1. The van der Waals surface area contributed by atoms with E-state index in [1.165, 1.54) is 0 Å². The van der Waals surface area contributed by atoms with Gasteiger partial charge in [0.25, 0.3) is 10.0 Å². The van der Waals surface area contributed by atoms with E-state index in [0.29, 0.717) is 49.4 Å². The predicted octanol–water partition coefficient (Wildman–Crippen LogP) is 4.50. The lowest BCUT2D eigenvalue weighted by Crippen LogP contribution is -2.38. The minimum Gasteiger partial charge on any atom is -0.487 e. The molecule has 2 unspecified atom stereocenters. The van der Waals surface area contributed by atoms with Gasteiger partial charge in [-0.3, -0.25) is 24.2 Å². The number of nitrogens with two attached hydrogens (primary N) is 1. The molecule has 1 heterocycles. The molecule has 22 heteroatoms. The van der Waals surface area contributed by atoms with Crippen molar-refractivity contribution in [3.8, 4) is 5.75 Å². The average Bonchev–Trinajstić information content (AvgIpc) is 3.54. The second kappa shape index (κ2) is 27.5. The summed E-state index contributed by atoms with van der Waals surface area (Å²) in [6, 6.07) is 0. The number of benzene rings is 1. The molecule has 2 amide bonds. The van der Waals surface area contributed by atoms with Gasteiger partial charge in [-0.1, -0.05) is 11.5 Å². The molecule has 2 rings (SSSR count). The van der Waals surface area contributed by atoms with Crippen molar-refractivity contribution < 1.29 is 61.2 Å². The van der Waals surface area contributed by atoms with E-state index in [9.17, 15) is 37.5 Å². The lowest BCUT2D eigenvalue weighted by atomic mass is 9.94. The zero-order chi connectivity index (χ0) is 48.8. The van der Waals surface area contributed by atoms with Crippen LogP contribution < -0.4 is 25.8 Å². The smallest absolute Gasteiger partial charge is 0.407 e. The Morgan fingerprint density at radius 2 is 1.48 bits per heavy atom. The molecular weight excluding hydrogens is 869 g/mol. The lowest BCUT2D eigenvalue weighted by Gasteiger charge is -2.19. The molecule has 1 aliphatic rings. The van der Waals surface area contributed by atoms with Gasteiger partial charge in [0.15, 0.2) is 5.78 Å². The number of carbonyl (C=O) groups excluding carboxylic acids is 4. The number of aliphatic imine (C=N–C) groups is 1. The maximum absolute atomic E-state index is 13.6. The highest BCUT2D eigenvalue weighted by molar-refractivity contribution is 7.90. The molecule has 0 aromatic heterocycles. The van der Waals surface area contributed by atoms with Crippen LogP contribution in [0, 0.1) is 32.6 Å². The number of guanidine groups is 1. The summed E-state index contributed by atoms with van der Waals surface area (Å²) in [5.41, 5.74) is 15.8. The van der Waals surface area contributed by atoms with Crippen molar-refractivity contribution >= 4 is 45.5 Å². The highest BCUT2D eigenvalue weighted by Crippen LogP contribution is 2.43. The quantitative estimate of drug-likeness (QED) is 0.0171. The van der Waals surface area contributed by atoms with Crippen LogP contribution in [0.15, 0.2) is 15.0 Å². The van der Waals surface area contributed by atoms with E-state index >= 15 is 0 Å². The average molecular weight is 939 g/mol. The molecule has 0 saturated carbocycles. The van der Waals surface area contributed by atoms with Crippen LogP contribution >= 0.6 is 0 Å². The van der Waals surface area contributed by atoms with E-state index < -0.39 is 63.4 Å². The summed E-state index contributed by atoms with van der Waals surface area (Å²) in [5, 5.41) is 18.3. The molecule has 0 spiro atoms. The van der Waals surface area contributed by atoms with Crippen molar-refractivity contribution in [2.24, 2.45) is 27.7 Å². The Morgan fingerprint density at radius 1 is 0.862 bits per heavy atom. The van der Waals surface area contributed by atoms with Crippen molar-refractivity contribution in [3.05, 3.63) is 32.7 Å². The van der Waals surface area contributed by atoms with Crippen molar-refractivity contribution in [1.82, 2.24) is 15.4 Å². The number of rotatable bonds is 31. The second-order valence-corrected chi connectivity index (χ2v) is 19.1. The molecule has 0 bridgehead atoms. The number of azide groups is 1. The number of fused-ring (bicyclic) bond motifs is 1. The number of ketones is 2. The number of aliphatic carboxylic acids is 1. The molecule has 6 N–H and O–H groups in total. The number of sulfonamides is 1. The van der Waals surface area contributed by atoms with Gasteiger partial charge in [-0.05, 0) is 103 Å². The van der Waals surface area contributed by atoms with Gasteiger partial charge in [0.2, 0.25) is 11.9 Å². The van der Waals surface area contributed by atoms with Crippen LogP contribution in [-0.4, -0.2) is 126 Å². The number of hydrogen-bond donors (Lipinski definition) is 5. The minimum absolute atomic E-state index is 0.00365. The number of ether oxygens (including phenoxy) is 5. The van der Waals surface area contributed by atoms with Crippen molar-refractivity contribution in [2.45, 2.75) is 129 Å². The number of amides is 2. The summed E-state index contributed by atoms with van der Waals surface area (Å²) < 4.78 is 57.1. The molecule has 0 radical (unpaired) electrons. The van der Waals surface area contributed by atoms with E-state index in [0.717, 1.165) is 11.1 Å². The Hall–Kier alpha value is -5.02. The van der Waals surface area contributed by atoms with Crippen LogP contribution in [0.3, 0.4) is 0 Å². The number of carboxylic acid groups (broad SMARTS) is 1. The van der Waals surface area contributed by atoms with Gasteiger partial charge >= 0.3 is 12.1 Å². The predicted molar refractivity (Wildman–Crippen MR) is 241 cm³/mol. The minimum atomic E-state index is -4.15. The standard InChI is InChI=1S/C43H70N8O13S/c1-28-29(2)37(30(3)35-26-43(7,8)63-36(28)35)65(58,59)50-40(44)46-16-11-13-31(24-33(52)14-18-60-20-22-62-23-21-61-19-17-49-51-45)38(54)48-27-34(53)25-32(39(55)56)12-9-10-15-47-41(57)64-42(4,5)6/h31-32H,9-27H2,1-8H3,(H,47,57)(H,48,54)(H,55,56)(H3,44,46,50). The number of nitrogens with one attached hydrogen (secondary N) is 3. The Morgan fingerprint density at radius 3 is 2.11 bits per heavy atom. The van der Waals surface area contributed by atoms with Gasteiger partial charge in [0, 0.05) is 61.7 Å². The molecule has 21 nitrogen and oxygen atoms in total. The van der Waals surface area contributed by atoms with Gasteiger partial charge in [-0.15, -0.1) is 0 Å². The van der Waals surface area contributed by atoms with E-state index in [2.05, 4.69) is 30.4 Å². The summed E-state index contributed by atoms with van der Waals surface area (Å²) in [6.07, 6.45) is 0.825. The molecular formula is C43H70N8O13S. The fraction of sp³-hybridized carbons (Fsp3) is 0.721. The van der Waals surface area contributed by atoms with Gasteiger partial charge in [0.1, 0.15) is 22.7 Å². The maximum Gasteiger partial charge on any atom is 0.407 e. The van der Waals surface area contributed by atoms with Crippen LogP contribution in [0.4, 0.5) is 4.79 Å². The first-order chi connectivity index (χ1) is 30.5. The lowest BCUT2D eigenvalue weighted by molar-refractivity contribution is -0.144. The van der Waals surface area contributed by atoms with Crippen LogP contribution in [0.25, 0.3) is 10.4 Å². The largest absolute Gasteiger partial charge is 0.487 e. The first kappa shape index (κ1) is 56.1. The Kier molecular flexibility index (Phi) is 23.7. The van der Waals surface area contributed by atoms with Crippen molar-refractivity contribution in [1.29, 1.82) is 0 Å². The third kappa shape index (κ3) is 21.2. The highest BCUT2D eigenvalue weighted by Gasteiger charge is 2.37. The summed E-state index contributed by atoms with van der Waals surface area (Å²) >= 11 is 0. The van der Waals surface area contributed by atoms with Gasteiger partial charge in [-0.25, -0.2) is 17.9 Å². The van der Waals surface area contributed by atoms with Crippen LogP contribution in [-0.2, 0) is 54.6 Å². The van der Waals surface area contributed by atoms with Gasteiger partial charge < -0.3 is 45.2 Å². The fourth-order valence-electron chi connectivity index (χ4n) is 7.00. The van der Waals surface area contributed by atoms with E-state index in [-0.39, 0.29) is 101 Å². The molecule has 0 aliphatic carbocycles. The molecule has 0 fully saturated rings. The molecule has 2 atom stereocenters. The maximum atomic E-state index is 13.6. The topological polar surface area (TPSA) is 309 Å². The molecule has 0 saturated heterocycles. The zero-order valence-electron chi connectivity index (χ0n) is 39.2. The summed E-state index contributed by atoms with van der Waals surface area (Å²) in [7, 11) is -4.15. The number of carbonyl (C=O) groups is 5. The summed E-state index contributed by atoms with van der Waals surface area (Å²) in [6.45, 7) is 15.8. The van der Waals surface area contributed by atoms with Gasteiger partial charge in [-0.2, -0.15) is 0 Å². The highest BCUT2D eigenvalue weighted by atomic mass is 32.2. The summed E-state index contributed by atoms with van der Waals surface area (Å²) in [4.78, 5) is 70.1. The Balaban J connectivity index is 2.00. The third-order valence-electron chi connectivity index (χ3n) is 10.2. The molecule has 366 valence electrons. The van der Waals surface area contributed by atoms with Gasteiger partial charge in [0.05, 0.1) is 57.0 Å². The second-order valence-electron chi connectivity index (χ2n) is 17.5. The first-order valence-corrected chi connectivity index (χ1v) is 23.4. The zero-order valence-corrected chi connectivity index (χ0v) is 40.0.